The van der Waals surface area contributed by atoms with Gasteiger partial charge in [-0.25, -0.2) is 0 Å². The molecule has 0 bridgehead atoms. The number of aliphatic hydroxyl groups is 1. The van der Waals surface area contributed by atoms with Crippen molar-refractivity contribution in [2.24, 2.45) is 34.5 Å². The summed E-state index contributed by atoms with van der Waals surface area (Å²) in [6, 6.07) is 0.234. The van der Waals surface area contributed by atoms with E-state index in [1.165, 1.54) is 6.42 Å². The Morgan fingerprint density at radius 2 is 1.93 bits per heavy atom. The standard InChI is InChI=1S/C23H35NO3/c1-13-16-7-8-18-15-6-5-14-11-19(24(3)4)20(25)12-22(14,2)17(15)9-10-23(16,18)21(26)27-13/h5,13,15-20,25H,6-12H2,1-4H3/t13-,15-,16+,17+,18+,19+,20+,22-,23-/m0/s1. The van der Waals surface area contributed by atoms with E-state index in [0.717, 1.165) is 38.5 Å². The Labute approximate surface area is 163 Å². The molecule has 5 aliphatic rings. The first-order valence-electron chi connectivity index (χ1n) is 11.0. The lowest BCUT2D eigenvalue weighted by atomic mass is 9.46. The Bertz CT molecular complexity index is 687. The largest absolute Gasteiger partial charge is 0.462 e. The van der Waals surface area contributed by atoms with Crippen LogP contribution in [0.3, 0.4) is 0 Å². The van der Waals surface area contributed by atoms with E-state index in [0.29, 0.717) is 23.7 Å². The van der Waals surface area contributed by atoms with Crippen LogP contribution in [0.15, 0.2) is 11.6 Å². The van der Waals surface area contributed by atoms with Gasteiger partial charge in [0.25, 0.3) is 0 Å². The summed E-state index contributed by atoms with van der Waals surface area (Å²) < 4.78 is 5.76. The van der Waals surface area contributed by atoms with Gasteiger partial charge in [-0.1, -0.05) is 18.6 Å². The van der Waals surface area contributed by atoms with E-state index in [2.05, 4.69) is 38.9 Å². The Kier molecular flexibility index (Phi) is 3.92. The molecule has 1 aliphatic heterocycles. The topological polar surface area (TPSA) is 49.8 Å². The Hall–Kier alpha value is -0.870. The van der Waals surface area contributed by atoms with Crippen LogP contribution in [0.1, 0.15) is 58.8 Å². The number of carbonyl (C=O) groups is 1. The number of ether oxygens (including phenoxy) is 1. The zero-order valence-corrected chi connectivity index (χ0v) is 17.3. The summed E-state index contributed by atoms with van der Waals surface area (Å²) in [6.07, 6.45) is 9.78. The van der Waals surface area contributed by atoms with Gasteiger partial charge in [0.1, 0.15) is 6.10 Å². The molecule has 150 valence electrons. The number of allylic oxidation sites excluding steroid dienone is 1. The first-order chi connectivity index (χ1) is 12.8. The van der Waals surface area contributed by atoms with Gasteiger partial charge in [-0.3, -0.25) is 4.79 Å². The van der Waals surface area contributed by atoms with Gasteiger partial charge >= 0.3 is 5.97 Å². The lowest BCUT2D eigenvalue weighted by Crippen LogP contribution is -2.56. The third-order valence-electron chi connectivity index (χ3n) is 9.61. The fourth-order valence-electron chi connectivity index (χ4n) is 8.35. The molecule has 1 heterocycles. The summed E-state index contributed by atoms with van der Waals surface area (Å²) in [7, 11) is 4.16. The van der Waals surface area contributed by atoms with Crippen LogP contribution in [0.5, 0.6) is 0 Å². The van der Waals surface area contributed by atoms with E-state index >= 15 is 0 Å². The molecular formula is C23H35NO3. The zero-order valence-electron chi connectivity index (χ0n) is 17.3. The summed E-state index contributed by atoms with van der Waals surface area (Å²) in [5, 5.41) is 10.9. The van der Waals surface area contributed by atoms with Crippen LogP contribution in [0.4, 0.5) is 0 Å². The fraction of sp³-hybridized carbons (Fsp3) is 0.870. The fourth-order valence-corrected chi connectivity index (χ4v) is 8.35. The minimum Gasteiger partial charge on any atom is -0.462 e. The molecule has 0 radical (unpaired) electrons. The molecule has 4 aliphatic carbocycles. The maximum atomic E-state index is 12.9. The van der Waals surface area contributed by atoms with Gasteiger partial charge in [-0.15, -0.1) is 0 Å². The van der Waals surface area contributed by atoms with Gasteiger partial charge in [-0.05, 0) is 89.1 Å². The van der Waals surface area contributed by atoms with E-state index in [4.69, 9.17) is 4.74 Å². The summed E-state index contributed by atoms with van der Waals surface area (Å²) in [6.45, 7) is 4.51. The lowest BCUT2D eigenvalue weighted by molar-refractivity contribution is -0.157. The van der Waals surface area contributed by atoms with Crippen LogP contribution in [0, 0.1) is 34.5 Å². The molecule has 4 fully saturated rings. The Morgan fingerprint density at radius 3 is 2.67 bits per heavy atom. The number of fused-ring (bicyclic) bond motifs is 4. The maximum Gasteiger partial charge on any atom is 0.313 e. The van der Waals surface area contributed by atoms with Crippen molar-refractivity contribution in [3.63, 3.8) is 0 Å². The van der Waals surface area contributed by atoms with E-state index in [-0.39, 0.29) is 35.0 Å². The second-order valence-electron chi connectivity index (χ2n) is 10.6. The average Bonchev–Trinajstić information content (AvgIpc) is 3.10. The molecule has 1 saturated heterocycles. The summed E-state index contributed by atoms with van der Waals surface area (Å²) in [5.41, 5.74) is 1.48. The van der Waals surface area contributed by atoms with E-state index in [9.17, 15) is 9.90 Å². The van der Waals surface area contributed by atoms with Crippen LogP contribution in [-0.2, 0) is 9.53 Å². The molecule has 4 nitrogen and oxygen atoms in total. The molecule has 4 heteroatoms. The predicted octanol–water partition coefficient (Wildman–Crippen LogP) is 3.39. The van der Waals surface area contributed by atoms with Crippen molar-refractivity contribution in [2.45, 2.75) is 77.0 Å². The first kappa shape index (κ1) is 18.2. The maximum absolute atomic E-state index is 12.9. The number of rotatable bonds is 1. The number of hydrogen-bond acceptors (Lipinski definition) is 4. The minimum absolute atomic E-state index is 0.0988. The molecule has 0 aromatic carbocycles. The molecule has 27 heavy (non-hydrogen) atoms. The van der Waals surface area contributed by atoms with Crippen LogP contribution in [0.2, 0.25) is 0 Å². The third-order valence-corrected chi connectivity index (χ3v) is 9.61. The number of cyclic esters (lactones) is 1. The van der Waals surface area contributed by atoms with Gasteiger partial charge in [0.15, 0.2) is 0 Å². The Morgan fingerprint density at radius 1 is 1.19 bits per heavy atom. The molecule has 0 aromatic rings. The minimum atomic E-state index is -0.260. The normalized spacial score (nSPS) is 53.9. The van der Waals surface area contributed by atoms with Gasteiger partial charge in [0.2, 0.25) is 0 Å². The molecule has 3 saturated carbocycles. The Balaban J connectivity index is 1.49. The number of carbonyl (C=O) groups excluding carboxylic acids is 1. The molecular weight excluding hydrogens is 338 g/mol. The van der Waals surface area contributed by atoms with E-state index < -0.39 is 0 Å². The molecule has 5 rings (SSSR count). The highest BCUT2D eigenvalue weighted by Crippen LogP contribution is 2.68. The second-order valence-corrected chi connectivity index (χ2v) is 10.6. The van der Waals surface area contributed by atoms with Crippen LogP contribution in [0.25, 0.3) is 0 Å². The van der Waals surface area contributed by atoms with Crippen LogP contribution in [-0.4, -0.2) is 48.3 Å². The number of nitrogens with zero attached hydrogens (tertiary/aromatic N) is 1. The zero-order chi connectivity index (χ0) is 19.1. The molecule has 0 unspecified atom stereocenters. The number of aliphatic hydroxyl groups excluding tert-OH is 1. The van der Waals surface area contributed by atoms with E-state index in [1.54, 1.807) is 5.57 Å². The van der Waals surface area contributed by atoms with Crippen molar-refractivity contribution in [1.29, 1.82) is 0 Å². The smallest absolute Gasteiger partial charge is 0.313 e. The van der Waals surface area contributed by atoms with Crippen molar-refractivity contribution >= 4 is 5.97 Å². The number of esters is 1. The summed E-state index contributed by atoms with van der Waals surface area (Å²) in [4.78, 5) is 15.1. The quantitative estimate of drug-likeness (QED) is 0.565. The van der Waals surface area contributed by atoms with Crippen molar-refractivity contribution < 1.29 is 14.6 Å². The van der Waals surface area contributed by atoms with Crippen molar-refractivity contribution in [3.8, 4) is 0 Å². The van der Waals surface area contributed by atoms with E-state index in [1.807, 2.05) is 0 Å². The molecule has 0 amide bonds. The monoisotopic (exact) mass is 373 g/mol. The van der Waals surface area contributed by atoms with Crippen molar-refractivity contribution in [1.82, 2.24) is 4.90 Å². The summed E-state index contributed by atoms with van der Waals surface area (Å²) >= 11 is 0. The average molecular weight is 374 g/mol. The van der Waals surface area contributed by atoms with Crippen molar-refractivity contribution in [2.75, 3.05) is 14.1 Å². The van der Waals surface area contributed by atoms with Gasteiger partial charge < -0.3 is 14.7 Å². The van der Waals surface area contributed by atoms with Crippen molar-refractivity contribution in [3.05, 3.63) is 11.6 Å². The molecule has 9 atom stereocenters. The first-order valence-corrected chi connectivity index (χ1v) is 11.0. The highest BCUT2D eigenvalue weighted by Gasteiger charge is 2.68. The third kappa shape index (κ3) is 2.20. The number of hydrogen-bond donors (Lipinski definition) is 1. The van der Waals surface area contributed by atoms with Gasteiger partial charge in [0, 0.05) is 12.0 Å². The van der Waals surface area contributed by atoms with Crippen LogP contribution < -0.4 is 0 Å². The summed E-state index contributed by atoms with van der Waals surface area (Å²) in [5.74, 6) is 2.21. The second kappa shape index (κ2) is 5.82. The highest BCUT2D eigenvalue weighted by molar-refractivity contribution is 5.81. The van der Waals surface area contributed by atoms with Crippen LogP contribution >= 0.6 is 0 Å². The van der Waals surface area contributed by atoms with Gasteiger partial charge in [-0.2, -0.15) is 0 Å². The molecule has 0 aromatic heterocycles. The highest BCUT2D eigenvalue weighted by atomic mass is 16.6. The predicted molar refractivity (Wildman–Crippen MR) is 104 cm³/mol. The SMILES string of the molecule is C[C@@H]1OC(=O)[C@]23CC[C@@H]4[C@H](CC=C5C[C@@H](N(C)C)[C@H](O)C[C@@]54C)[C@H]2CC[C@H]13. The molecule has 1 spiro atoms. The van der Waals surface area contributed by atoms with Gasteiger partial charge in [0.05, 0.1) is 11.5 Å². The number of likely N-dealkylation sites (N-methyl/N-ethyl adjacent to an activating group) is 1. The lowest BCUT2D eigenvalue weighted by Gasteiger charge is -2.58. The molecule has 1 N–H and O–H groups in total.